The van der Waals surface area contributed by atoms with Crippen LogP contribution in [0.4, 0.5) is 0 Å². The molecule has 2 atom stereocenters. The van der Waals surface area contributed by atoms with Gasteiger partial charge in [0.25, 0.3) is 0 Å². The Kier molecular flexibility index (Phi) is 3.74. The van der Waals surface area contributed by atoms with Gasteiger partial charge in [-0.2, -0.15) is 5.48 Å². The quantitative estimate of drug-likeness (QED) is 0.707. The lowest BCUT2D eigenvalue weighted by molar-refractivity contribution is -0.141. The third-order valence-corrected chi connectivity index (χ3v) is 4.42. The minimum atomic E-state index is -0.750. The lowest BCUT2D eigenvalue weighted by atomic mass is 9.85. The van der Waals surface area contributed by atoms with Gasteiger partial charge in [-0.3, -0.25) is 9.63 Å². The van der Waals surface area contributed by atoms with Crippen LogP contribution in [-0.4, -0.2) is 29.7 Å². The van der Waals surface area contributed by atoms with Crippen LogP contribution >= 0.6 is 0 Å². The number of nitrogens with one attached hydrogen (secondary N) is 2. The van der Waals surface area contributed by atoms with Crippen molar-refractivity contribution in [3.05, 3.63) is 35.9 Å². The lowest BCUT2D eigenvalue weighted by Gasteiger charge is -2.36. The predicted octanol–water partition coefficient (Wildman–Crippen LogP) is 1.30. The van der Waals surface area contributed by atoms with Crippen LogP contribution < -0.4 is 10.8 Å². The summed E-state index contributed by atoms with van der Waals surface area (Å²) in [5, 5.41) is 12.2. The van der Waals surface area contributed by atoms with E-state index in [1.807, 2.05) is 30.3 Å². The Morgan fingerprint density at radius 2 is 2.15 bits per heavy atom. The molecule has 3 rings (SSSR count). The number of piperidine rings is 1. The normalized spacial score (nSPS) is 27.4. The van der Waals surface area contributed by atoms with E-state index < -0.39 is 12.0 Å². The number of carboxylic acids is 1. The summed E-state index contributed by atoms with van der Waals surface area (Å²) in [6, 6.07) is 9.78. The van der Waals surface area contributed by atoms with E-state index in [-0.39, 0.29) is 11.5 Å². The third kappa shape index (κ3) is 2.85. The largest absolute Gasteiger partial charge is 0.480 e. The Hall–Kier alpha value is -1.43. The molecule has 1 aromatic rings. The summed E-state index contributed by atoms with van der Waals surface area (Å²) in [6.07, 6.45) is 2.87. The van der Waals surface area contributed by atoms with Crippen molar-refractivity contribution in [2.75, 3.05) is 6.54 Å². The number of benzene rings is 1. The molecule has 5 nitrogen and oxygen atoms in total. The van der Waals surface area contributed by atoms with Crippen molar-refractivity contribution in [2.24, 2.45) is 5.41 Å². The Balaban J connectivity index is 1.50. The van der Waals surface area contributed by atoms with Crippen molar-refractivity contribution < 1.29 is 14.7 Å². The second-order valence-corrected chi connectivity index (χ2v) is 5.81. The number of carboxylic acid groups (broad SMARTS) is 1. The van der Waals surface area contributed by atoms with Gasteiger partial charge in [-0.1, -0.05) is 30.3 Å². The molecule has 0 radical (unpaired) electrons. The van der Waals surface area contributed by atoms with Gasteiger partial charge in [-0.15, -0.1) is 0 Å². The molecule has 1 aliphatic heterocycles. The second-order valence-electron chi connectivity index (χ2n) is 5.81. The van der Waals surface area contributed by atoms with E-state index in [9.17, 15) is 4.79 Å². The van der Waals surface area contributed by atoms with Crippen molar-refractivity contribution in [1.82, 2.24) is 10.8 Å². The average Bonchev–Trinajstić information content (AvgIpc) is 3.22. The molecule has 1 spiro atoms. The highest BCUT2D eigenvalue weighted by atomic mass is 16.6. The molecular weight excluding hydrogens is 256 g/mol. The Bertz CT molecular complexity index is 473. The van der Waals surface area contributed by atoms with Crippen molar-refractivity contribution in [3.8, 4) is 0 Å². The molecule has 1 saturated carbocycles. The average molecular weight is 276 g/mol. The molecule has 1 saturated heterocycles. The molecule has 1 aromatic carbocycles. The molecule has 1 unspecified atom stereocenters. The van der Waals surface area contributed by atoms with E-state index in [2.05, 4.69) is 10.8 Å². The number of carbonyl (C=O) groups is 1. The fourth-order valence-corrected chi connectivity index (χ4v) is 2.95. The van der Waals surface area contributed by atoms with Gasteiger partial charge in [0.05, 0.1) is 12.6 Å². The molecule has 0 bridgehead atoms. The molecule has 20 heavy (non-hydrogen) atoms. The Morgan fingerprint density at radius 3 is 2.80 bits per heavy atom. The van der Waals surface area contributed by atoms with Gasteiger partial charge in [0, 0.05) is 6.54 Å². The highest BCUT2D eigenvalue weighted by Crippen LogP contribution is 2.53. The first-order valence-electron chi connectivity index (χ1n) is 7.07. The van der Waals surface area contributed by atoms with Crippen LogP contribution in [0.3, 0.4) is 0 Å². The van der Waals surface area contributed by atoms with Gasteiger partial charge in [0.15, 0.2) is 0 Å². The molecule has 108 valence electrons. The van der Waals surface area contributed by atoms with Gasteiger partial charge in [0.1, 0.15) is 6.04 Å². The summed E-state index contributed by atoms with van der Waals surface area (Å²) in [7, 11) is 0. The first-order valence-corrected chi connectivity index (χ1v) is 7.07. The summed E-state index contributed by atoms with van der Waals surface area (Å²) in [5.41, 5.74) is 4.37. The summed E-state index contributed by atoms with van der Waals surface area (Å²) in [6.45, 7) is 1.17. The van der Waals surface area contributed by atoms with Crippen molar-refractivity contribution in [2.45, 2.75) is 38.0 Å². The standard InChI is InChI=1S/C15H20N2O3/c18-14(19)12-8-15(6-7-15)13(9-16-12)17-20-10-11-4-2-1-3-5-11/h1-5,12-13,16-17H,6-10H2,(H,18,19)/t12-,13?/m0/s1. The molecular formula is C15H20N2O3. The lowest BCUT2D eigenvalue weighted by Crippen LogP contribution is -2.56. The Labute approximate surface area is 118 Å². The molecule has 1 aliphatic carbocycles. The van der Waals surface area contributed by atoms with Gasteiger partial charge in [-0.05, 0) is 30.2 Å². The van der Waals surface area contributed by atoms with Crippen molar-refractivity contribution >= 4 is 5.97 Å². The maximum Gasteiger partial charge on any atom is 0.320 e. The number of aliphatic carboxylic acids is 1. The molecule has 5 heteroatoms. The molecule has 0 aromatic heterocycles. The van der Waals surface area contributed by atoms with Crippen LogP contribution in [0.15, 0.2) is 30.3 Å². The van der Waals surface area contributed by atoms with E-state index in [0.717, 1.165) is 18.4 Å². The molecule has 1 heterocycles. The third-order valence-electron chi connectivity index (χ3n) is 4.42. The number of rotatable bonds is 5. The van der Waals surface area contributed by atoms with Gasteiger partial charge in [0.2, 0.25) is 0 Å². The minimum absolute atomic E-state index is 0.116. The summed E-state index contributed by atoms with van der Waals surface area (Å²) in [5.74, 6) is -0.750. The maximum atomic E-state index is 11.1. The topological polar surface area (TPSA) is 70.6 Å². The Morgan fingerprint density at radius 1 is 1.40 bits per heavy atom. The first-order chi connectivity index (χ1) is 9.70. The van der Waals surface area contributed by atoms with Crippen molar-refractivity contribution in [3.63, 3.8) is 0 Å². The van der Waals surface area contributed by atoms with E-state index >= 15 is 0 Å². The molecule has 3 N–H and O–H groups in total. The minimum Gasteiger partial charge on any atom is -0.480 e. The number of hydroxylamine groups is 1. The van der Waals surface area contributed by atoms with Crippen LogP contribution in [0.5, 0.6) is 0 Å². The smallest absolute Gasteiger partial charge is 0.320 e. The van der Waals surface area contributed by atoms with Crippen LogP contribution in [0, 0.1) is 5.41 Å². The van der Waals surface area contributed by atoms with Gasteiger partial charge >= 0.3 is 5.97 Å². The number of hydrogen-bond donors (Lipinski definition) is 3. The summed E-state index contributed by atoms with van der Waals surface area (Å²) < 4.78 is 0. The maximum absolute atomic E-state index is 11.1. The van der Waals surface area contributed by atoms with E-state index in [4.69, 9.17) is 9.94 Å². The van der Waals surface area contributed by atoms with Crippen LogP contribution in [0.2, 0.25) is 0 Å². The summed E-state index contributed by atoms with van der Waals surface area (Å²) in [4.78, 5) is 16.7. The van der Waals surface area contributed by atoms with E-state index in [0.29, 0.717) is 19.6 Å². The fraction of sp³-hybridized carbons (Fsp3) is 0.533. The monoisotopic (exact) mass is 276 g/mol. The zero-order valence-corrected chi connectivity index (χ0v) is 11.3. The van der Waals surface area contributed by atoms with E-state index in [1.165, 1.54) is 0 Å². The van der Waals surface area contributed by atoms with Gasteiger partial charge in [-0.25, -0.2) is 0 Å². The number of hydrogen-bond acceptors (Lipinski definition) is 4. The van der Waals surface area contributed by atoms with Crippen LogP contribution in [-0.2, 0) is 16.2 Å². The van der Waals surface area contributed by atoms with Gasteiger partial charge < -0.3 is 10.4 Å². The predicted molar refractivity (Wildman–Crippen MR) is 73.9 cm³/mol. The SMILES string of the molecule is O=C(O)[C@@H]1CC2(CC2)C(NOCc2ccccc2)CN1. The zero-order chi connectivity index (χ0) is 14.0. The fourth-order valence-electron chi connectivity index (χ4n) is 2.95. The van der Waals surface area contributed by atoms with Crippen molar-refractivity contribution in [1.29, 1.82) is 0 Å². The zero-order valence-electron chi connectivity index (χ0n) is 11.3. The molecule has 0 amide bonds. The first kappa shape index (κ1) is 13.5. The molecule has 2 fully saturated rings. The highest BCUT2D eigenvalue weighted by Gasteiger charge is 2.54. The van der Waals surface area contributed by atoms with Crippen LogP contribution in [0.25, 0.3) is 0 Å². The molecule has 2 aliphatic rings. The summed E-state index contributed by atoms with van der Waals surface area (Å²) >= 11 is 0. The van der Waals surface area contributed by atoms with E-state index in [1.54, 1.807) is 0 Å². The highest BCUT2D eigenvalue weighted by molar-refractivity contribution is 5.73. The van der Waals surface area contributed by atoms with Crippen LogP contribution in [0.1, 0.15) is 24.8 Å². The second kappa shape index (κ2) is 5.52.